The van der Waals surface area contributed by atoms with Gasteiger partial charge in [0.25, 0.3) is 0 Å². The molecule has 0 amide bonds. The average Bonchev–Trinajstić information content (AvgIpc) is 2.96. The van der Waals surface area contributed by atoms with Gasteiger partial charge in [0.1, 0.15) is 12.2 Å². The van der Waals surface area contributed by atoms with Gasteiger partial charge in [-0.15, -0.1) is 11.3 Å². The summed E-state index contributed by atoms with van der Waals surface area (Å²) in [7, 11) is 0. The van der Waals surface area contributed by atoms with Gasteiger partial charge in [-0.1, -0.05) is 0 Å². The fraction of sp³-hybridized carbons (Fsp3) is 0.100. The second-order valence-corrected chi connectivity index (χ2v) is 4.18. The Bertz CT molecular complexity index is 627. The van der Waals surface area contributed by atoms with E-state index in [0.29, 0.717) is 6.54 Å². The zero-order valence-corrected chi connectivity index (χ0v) is 9.18. The van der Waals surface area contributed by atoms with Crippen molar-refractivity contribution in [3.63, 3.8) is 0 Å². The van der Waals surface area contributed by atoms with Crippen LogP contribution in [0.2, 0.25) is 0 Å². The molecule has 0 aliphatic heterocycles. The maximum atomic E-state index is 5.59. The van der Waals surface area contributed by atoms with E-state index in [4.69, 9.17) is 5.73 Å². The third kappa shape index (κ3) is 1.39. The van der Waals surface area contributed by atoms with Crippen molar-refractivity contribution in [1.82, 2.24) is 19.7 Å². The van der Waals surface area contributed by atoms with Crippen LogP contribution in [-0.2, 0) is 6.54 Å². The van der Waals surface area contributed by atoms with E-state index in [1.54, 1.807) is 16.0 Å². The molecule has 3 aromatic rings. The highest BCUT2D eigenvalue weighted by molar-refractivity contribution is 7.16. The molecule has 16 heavy (non-hydrogen) atoms. The lowest BCUT2D eigenvalue weighted by molar-refractivity contribution is 0.790. The van der Waals surface area contributed by atoms with E-state index in [-0.39, 0.29) is 0 Å². The van der Waals surface area contributed by atoms with Crippen LogP contribution in [0.1, 0.15) is 5.82 Å². The Kier molecular flexibility index (Phi) is 2.16. The van der Waals surface area contributed by atoms with Crippen LogP contribution in [0.4, 0.5) is 0 Å². The summed E-state index contributed by atoms with van der Waals surface area (Å²) in [6.07, 6.45) is 1.51. The number of nitrogens with zero attached hydrogens (tertiary/aromatic N) is 4. The Morgan fingerprint density at radius 1 is 1.31 bits per heavy atom. The van der Waals surface area contributed by atoms with Gasteiger partial charge in [0.2, 0.25) is 0 Å². The van der Waals surface area contributed by atoms with E-state index in [1.165, 1.54) is 6.33 Å². The quantitative estimate of drug-likeness (QED) is 0.722. The van der Waals surface area contributed by atoms with Crippen molar-refractivity contribution in [3.8, 4) is 5.69 Å². The Hall–Kier alpha value is -1.79. The molecule has 3 rings (SSSR count). The van der Waals surface area contributed by atoms with Gasteiger partial charge >= 0.3 is 0 Å². The lowest BCUT2D eigenvalue weighted by Gasteiger charge is -2.03. The first-order valence-corrected chi connectivity index (χ1v) is 5.69. The van der Waals surface area contributed by atoms with Gasteiger partial charge in [-0.3, -0.25) is 0 Å². The summed E-state index contributed by atoms with van der Waals surface area (Å²) in [5, 5.41) is 4.16. The molecule has 1 aromatic carbocycles. The molecule has 0 atom stereocenters. The third-order valence-electron chi connectivity index (χ3n) is 2.36. The Balaban J connectivity index is 2.18. The summed E-state index contributed by atoms with van der Waals surface area (Å²) >= 11 is 1.61. The van der Waals surface area contributed by atoms with Crippen molar-refractivity contribution in [2.75, 3.05) is 0 Å². The smallest absolute Gasteiger partial charge is 0.145 e. The van der Waals surface area contributed by atoms with Crippen LogP contribution in [0.15, 0.2) is 30.0 Å². The highest BCUT2D eigenvalue weighted by atomic mass is 32.1. The Labute approximate surface area is 95.6 Å². The third-order valence-corrected chi connectivity index (χ3v) is 3.15. The number of fused-ring (bicyclic) bond motifs is 1. The molecule has 2 N–H and O–H groups in total. The molecule has 0 bridgehead atoms. The van der Waals surface area contributed by atoms with Gasteiger partial charge in [-0.05, 0) is 18.2 Å². The molecule has 5 nitrogen and oxygen atoms in total. The van der Waals surface area contributed by atoms with Gasteiger partial charge in [-0.2, -0.15) is 5.10 Å². The van der Waals surface area contributed by atoms with Crippen LogP contribution in [0, 0.1) is 0 Å². The van der Waals surface area contributed by atoms with Crippen molar-refractivity contribution in [2.24, 2.45) is 5.73 Å². The molecule has 0 spiro atoms. The highest BCUT2D eigenvalue weighted by Gasteiger charge is 2.06. The van der Waals surface area contributed by atoms with E-state index in [0.717, 1.165) is 21.7 Å². The molecule has 0 saturated heterocycles. The maximum absolute atomic E-state index is 5.59. The summed E-state index contributed by atoms with van der Waals surface area (Å²) in [6.45, 7) is 0.376. The van der Waals surface area contributed by atoms with Crippen LogP contribution in [0.5, 0.6) is 0 Å². The fourth-order valence-corrected chi connectivity index (χ4v) is 2.31. The number of aromatic nitrogens is 4. The van der Waals surface area contributed by atoms with Crippen molar-refractivity contribution in [3.05, 3.63) is 35.9 Å². The number of hydrogen-bond donors (Lipinski definition) is 1. The summed E-state index contributed by atoms with van der Waals surface area (Å²) in [4.78, 5) is 8.33. The lowest BCUT2D eigenvalue weighted by atomic mass is 10.3. The van der Waals surface area contributed by atoms with Crippen molar-refractivity contribution in [2.45, 2.75) is 6.54 Å². The molecule has 0 fully saturated rings. The van der Waals surface area contributed by atoms with Crippen molar-refractivity contribution >= 4 is 21.6 Å². The first kappa shape index (κ1) is 9.44. The number of benzene rings is 1. The van der Waals surface area contributed by atoms with Crippen LogP contribution in [0.3, 0.4) is 0 Å². The zero-order valence-electron chi connectivity index (χ0n) is 8.37. The zero-order chi connectivity index (χ0) is 11.0. The van der Waals surface area contributed by atoms with E-state index in [9.17, 15) is 0 Å². The van der Waals surface area contributed by atoms with Gasteiger partial charge in [-0.25, -0.2) is 14.6 Å². The van der Waals surface area contributed by atoms with E-state index < -0.39 is 0 Å². The first-order chi connectivity index (χ1) is 7.88. The molecule has 2 aromatic heterocycles. The molecule has 0 saturated carbocycles. The molecule has 0 unspecified atom stereocenters. The van der Waals surface area contributed by atoms with Crippen LogP contribution >= 0.6 is 11.3 Å². The molecule has 6 heteroatoms. The summed E-state index contributed by atoms with van der Waals surface area (Å²) in [6, 6.07) is 5.99. The Morgan fingerprint density at radius 2 is 2.25 bits per heavy atom. The predicted molar refractivity (Wildman–Crippen MR) is 62.4 cm³/mol. The van der Waals surface area contributed by atoms with E-state index in [2.05, 4.69) is 15.1 Å². The average molecular weight is 231 g/mol. The predicted octanol–water partition coefficient (Wildman–Crippen LogP) is 1.34. The fourth-order valence-electron chi connectivity index (χ4n) is 1.60. The molecule has 2 heterocycles. The van der Waals surface area contributed by atoms with Crippen LogP contribution in [-0.4, -0.2) is 19.7 Å². The Morgan fingerprint density at radius 3 is 3.12 bits per heavy atom. The first-order valence-electron chi connectivity index (χ1n) is 4.81. The SMILES string of the molecule is NCc1ncnn1-c1ccc2ncsc2c1. The molecule has 0 aliphatic carbocycles. The largest absolute Gasteiger partial charge is 0.324 e. The minimum atomic E-state index is 0.376. The number of nitrogens with two attached hydrogens (primary N) is 1. The number of hydrogen-bond acceptors (Lipinski definition) is 5. The van der Waals surface area contributed by atoms with Gasteiger partial charge in [0, 0.05) is 0 Å². The van der Waals surface area contributed by atoms with Gasteiger partial charge in [0.15, 0.2) is 0 Å². The summed E-state index contributed by atoms with van der Waals surface area (Å²) < 4.78 is 2.88. The van der Waals surface area contributed by atoms with Gasteiger partial charge < -0.3 is 5.73 Å². The minimum Gasteiger partial charge on any atom is -0.324 e. The van der Waals surface area contributed by atoms with Crippen molar-refractivity contribution in [1.29, 1.82) is 0 Å². The monoisotopic (exact) mass is 231 g/mol. The molecular weight excluding hydrogens is 222 g/mol. The van der Waals surface area contributed by atoms with E-state index in [1.807, 2.05) is 23.7 Å². The summed E-state index contributed by atoms with van der Waals surface area (Å²) in [5.74, 6) is 0.754. The molecule has 80 valence electrons. The molecular formula is C10H9N5S. The molecule has 0 radical (unpaired) electrons. The second-order valence-electron chi connectivity index (χ2n) is 3.30. The lowest BCUT2D eigenvalue weighted by Crippen LogP contribution is -2.07. The topological polar surface area (TPSA) is 69.6 Å². The van der Waals surface area contributed by atoms with Crippen LogP contribution in [0.25, 0.3) is 15.9 Å². The van der Waals surface area contributed by atoms with Crippen molar-refractivity contribution < 1.29 is 0 Å². The van der Waals surface area contributed by atoms with E-state index >= 15 is 0 Å². The normalized spacial score (nSPS) is 11.1. The van der Waals surface area contributed by atoms with Gasteiger partial charge in [0.05, 0.1) is 28.0 Å². The standard InChI is InChI=1S/C10H9N5S/c11-4-10-12-5-14-15(10)7-1-2-8-9(3-7)16-6-13-8/h1-3,5-6H,4,11H2. The number of rotatable bonds is 2. The molecule has 0 aliphatic rings. The maximum Gasteiger partial charge on any atom is 0.145 e. The number of thiazole rings is 1. The second kappa shape index (κ2) is 3.66. The highest BCUT2D eigenvalue weighted by Crippen LogP contribution is 2.21. The van der Waals surface area contributed by atoms with Crippen LogP contribution < -0.4 is 5.73 Å². The minimum absolute atomic E-state index is 0.376. The summed E-state index contributed by atoms with van der Waals surface area (Å²) in [5.41, 5.74) is 9.40.